The van der Waals surface area contributed by atoms with Crippen LogP contribution in [0.2, 0.25) is 0 Å². The van der Waals surface area contributed by atoms with Gasteiger partial charge in [-0.25, -0.2) is 17.2 Å². The van der Waals surface area contributed by atoms with Crippen molar-refractivity contribution in [2.75, 3.05) is 6.26 Å². The van der Waals surface area contributed by atoms with Crippen molar-refractivity contribution < 1.29 is 17.2 Å². The van der Waals surface area contributed by atoms with Crippen LogP contribution in [0.25, 0.3) is 22.3 Å². The molecule has 0 aliphatic carbocycles. The molecular formula is C19H15F2NO2S. The summed E-state index contributed by atoms with van der Waals surface area (Å²) in [5.41, 5.74) is 2.90. The fourth-order valence-corrected chi connectivity index (χ4v) is 3.33. The maximum Gasteiger partial charge on any atom is 0.178 e. The van der Waals surface area contributed by atoms with Crippen molar-refractivity contribution in [3.05, 3.63) is 72.1 Å². The first-order chi connectivity index (χ1) is 11.8. The van der Waals surface area contributed by atoms with Gasteiger partial charge in [-0.15, -0.1) is 0 Å². The normalized spacial score (nSPS) is 11.5. The molecule has 3 nitrogen and oxygen atoms in total. The number of pyridine rings is 1. The maximum atomic E-state index is 14.2. The fourth-order valence-electron chi connectivity index (χ4n) is 2.61. The summed E-state index contributed by atoms with van der Waals surface area (Å²) >= 11 is 0. The zero-order valence-corrected chi connectivity index (χ0v) is 14.4. The molecular weight excluding hydrogens is 344 g/mol. The average molecular weight is 359 g/mol. The average Bonchev–Trinajstić information content (AvgIpc) is 2.56. The van der Waals surface area contributed by atoms with Crippen molar-refractivity contribution in [3.63, 3.8) is 0 Å². The second kappa shape index (κ2) is 6.37. The van der Waals surface area contributed by atoms with Gasteiger partial charge in [-0.2, -0.15) is 0 Å². The molecule has 1 heterocycles. The van der Waals surface area contributed by atoms with E-state index in [1.165, 1.54) is 18.2 Å². The highest BCUT2D eigenvalue weighted by Crippen LogP contribution is 2.33. The van der Waals surface area contributed by atoms with E-state index in [0.717, 1.165) is 12.3 Å². The number of halogens is 2. The van der Waals surface area contributed by atoms with E-state index in [4.69, 9.17) is 0 Å². The lowest BCUT2D eigenvalue weighted by Crippen LogP contribution is -2.01. The molecule has 0 unspecified atom stereocenters. The molecule has 0 fully saturated rings. The number of aromatic nitrogens is 1. The molecule has 0 aliphatic rings. The van der Waals surface area contributed by atoms with Crippen molar-refractivity contribution >= 4 is 9.84 Å². The molecule has 2 aromatic carbocycles. The fraction of sp³-hybridized carbons (Fsp3) is 0.105. The Balaban J connectivity index is 2.16. The Hall–Kier alpha value is -2.60. The van der Waals surface area contributed by atoms with Crippen molar-refractivity contribution in [1.29, 1.82) is 0 Å². The van der Waals surface area contributed by atoms with Gasteiger partial charge < -0.3 is 0 Å². The standard InChI is InChI=1S/C19H15F2NO2S/c1-12-3-4-13(9-17(12)20)15-7-8-22-11-16(15)14-5-6-19(18(21)10-14)25(2,23)24/h3-11H,1-2H3. The van der Waals surface area contributed by atoms with Crippen LogP contribution in [0, 0.1) is 18.6 Å². The minimum absolute atomic E-state index is 0.334. The molecule has 25 heavy (non-hydrogen) atoms. The monoisotopic (exact) mass is 359 g/mol. The zero-order valence-electron chi connectivity index (χ0n) is 13.6. The summed E-state index contributed by atoms with van der Waals surface area (Å²) in [7, 11) is -3.65. The lowest BCUT2D eigenvalue weighted by molar-refractivity contribution is 0.571. The first-order valence-corrected chi connectivity index (χ1v) is 9.37. The summed E-state index contributed by atoms with van der Waals surface area (Å²) in [5.74, 6) is -1.16. The van der Waals surface area contributed by atoms with E-state index >= 15 is 0 Å². The van der Waals surface area contributed by atoms with Crippen LogP contribution in [0.1, 0.15) is 5.56 Å². The van der Waals surface area contributed by atoms with Gasteiger partial charge in [0.05, 0.1) is 0 Å². The SMILES string of the molecule is Cc1ccc(-c2ccncc2-c2ccc(S(C)(=O)=O)c(F)c2)cc1F. The molecule has 0 N–H and O–H groups in total. The van der Waals surface area contributed by atoms with Crippen molar-refractivity contribution in [2.45, 2.75) is 11.8 Å². The molecule has 3 aromatic rings. The topological polar surface area (TPSA) is 47.0 Å². The summed E-state index contributed by atoms with van der Waals surface area (Å²) in [6.07, 6.45) is 4.06. The number of sulfone groups is 1. The highest BCUT2D eigenvalue weighted by molar-refractivity contribution is 7.90. The first kappa shape index (κ1) is 17.2. The van der Waals surface area contributed by atoms with E-state index in [0.29, 0.717) is 27.8 Å². The van der Waals surface area contributed by atoms with Crippen molar-refractivity contribution in [2.24, 2.45) is 0 Å². The molecule has 0 radical (unpaired) electrons. The van der Waals surface area contributed by atoms with E-state index < -0.39 is 15.7 Å². The van der Waals surface area contributed by atoms with Crippen LogP contribution in [0.5, 0.6) is 0 Å². The Morgan fingerprint density at radius 1 is 0.880 bits per heavy atom. The highest BCUT2D eigenvalue weighted by atomic mass is 32.2. The molecule has 0 bridgehead atoms. The Bertz CT molecular complexity index is 1060. The van der Waals surface area contributed by atoms with Gasteiger partial charge in [0.1, 0.15) is 16.5 Å². The minimum Gasteiger partial charge on any atom is -0.264 e. The quantitative estimate of drug-likeness (QED) is 0.696. The molecule has 1 aromatic heterocycles. The molecule has 0 atom stereocenters. The van der Waals surface area contributed by atoms with Gasteiger partial charge in [-0.1, -0.05) is 18.2 Å². The van der Waals surface area contributed by atoms with Crippen LogP contribution < -0.4 is 0 Å². The number of rotatable bonds is 3. The van der Waals surface area contributed by atoms with Crippen LogP contribution >= 0.6 is 0 Å². The Morgan fingerprint density at radius 3 is 2.16 bits per heavy atom. The molecule has 0 saturated carbocycles. The lowest BCUT2D eigenvalue weighted by atomic mass is 9.96. The Kier molecular flexibility index (Phi) is 4.39. The van der Waals surface area contributed by atoms with Gasteiger partial charge in [-0.3, -0.25) is 4.98 Å². The van der Waals surface area contributed by atoms with E-state index in [-0.39, 0.29) is 10.7 Å². The van der Waals surface area contributed by atoms with E-state index in [1.54, 1.807) is 37.5 Å². The number of aryl methyl sites for hydroxylation is 1. The second-order valence-corrected chi connectivity index (χ2v) is 7.79. The lowest BCUT2D eigenvalue weighted by Gasteiger charge is -2.11. The third-order valence-corrected chi connectivity index (χ3v) is 5.08. The number of hydrogen-bond donors (Lipinski definition) is 0. The van der Waals surface area contributed by atoms with Gasteiger partial charge >= 0.3 is 0 Å². The zero-order chi connectivity index (χ0) is 18.2. The first-order valence-electron chi connectivity index (χ1n) is 7.48. The van der Waals surface area contributed by atoms with Crippen LogP contribution in [0.4, 0.5) is 8.78 Å². The molecule has 0 amide bonds. The number of benzene rings is 2. The molecule has 0 spiro atoms. The molecule has 128 valence electrons. The largest absolute Gasteiger partial charge is 0.264 e. The maximum absolute atomic E-state index is 14.2. The summed E-state index contributed by atoms with van der Waals surface area (Å²) in [4.78, 5) is 3.70. The van der Waals surface area contributed by atoms with Crippen LogP contribution in [0.3, 0.4) is 0 Å². The van der Waals surface area contributed by atoms with Gasteiger partial charge in [0, 0.05) is 24.2 Å². The summed E-state index contributed by atoms with van der Waals surface area (Å²) in [5, 5.41) is 0. The molecule has 0 saturated heterocycles. The van der Waals surface area contributed by atoms with Gasteiger partial charge in [-0.05, 0) is 53.4 Å². The van der Waals surface area contributed by atoms with Crippen molar-refractivity contribution in [3.8, 4) is 22.3 Å². The van der Waals surface area contributed by atoms with Crippen LogP contribution in [-0.4, -0.2) is 19.7 Å². The highest BCUT2D eigenvalue weighted by Gasteiger charge is 2.16. The molecule has 3 rings (SSSR count). The van der Waals surface area contributed by atoms with E-state index in [2.05, 4.69) is 4.98 Å². The Morgan fingerprint density at radius 2 is 1.52 bits per heavy atom. The molecule has 6 heteroatoms. The molecule has 0 aliphatic heterocycles. The summed E-state index contributed by atoms with van der Waals surface area (Å²) in [6, 6.07) is 10.5. The van der Waals surface area contributed by atoms with Gasteiger partial charge in [0.25, 0.3) is 0 Å². The van der Waals surface area contributed by atoms with Crippen molar-refractivity contribution in [1.82, 2.24) is 4.98 Å². The van der Waals surface area contributed by atoms with Gasteiger partial charge in [0.15, 0.2) is 9.84 Å². The summed E-state index contributed by atoms with van der Waals surface area (Å²) < 4.78 is 51.3. The van der Waals surface area contributed by atoms with Crippen LogP contribution in [-0.2, 0) is 9.84 Å². The number of hydrogen-bond acceptors (Lipinski definition) is 3. The van der Waals surface area contributed by atoms with Gasteiger partial charge in [0.2, 0.25) is 0 Å². The predicted molar refractivity (Wildman–Crippen MR) is 92.9 cm³/mol. The van der Waals surface area contributed by atoms with E-state index in [1.807, 2.05) is 0 Å². The third-order valence-electron chi connectivity index (χ3n) is 3.95. The van der Waals surface area contributed by atoms with E-state index in [9.17, 15) is 17.2 Å². The smallest absolute Gasteiger partial charge is 0.178 e. The number of nitrogens with zero attached hydrogens (tertiary/aromatic N) is 1. The Labute approximate surface area is 144 Å². The minimum atomic E-state index is -3.65. The summed E-state index contributed by atoms with van der Waals surface area (Å²) in [6.45, 7) is 1.67. The third kappa shape index (κ3) is 3.44. The van der Waals surface area contributed by atoms with Crippen LogP contribution in [0.15, 0.2) is 59.8 Å². The predicted octanol–water partition coefficient (Wildman–Crippen LogP) is 4.41. The second-order valence-electron chi connectivity index (χ2n) is 5.80.